The summed E-state index contributed by atoms with van der Waals surface area (Å²) in [5.41, 5.74) is 2.57. The highest BCUT2D eigenvalue weighted by Crippen LogP contribution is 2.32. The van der Waals surface area contributed by atoms with E-state index < -0.39 is 17.7 Å². The number of halogens is 3. The first-order chi connectivity index (χ1) is 16.3. The van der Waals surface area contributed by atoms with Crippen LogP contribution in [0.2, 0.25) is 0 Å². The lowest BCUT2D eigenvalue weighted by molar-refractivity contribution is -0.138. The molecule has 0 radical (unpaired) electrons. The second-order valence-electron chi connectivity index (χ2n) is 7.85. The third-order valence-electron chi connectivity index (χ3n) is 5.45. The van der Waals surface area contributed by atoms with Crippen molar-refractivity contribution in [2.75, 3.05) is 12.3 Å². The van der Waals surface area contributed by atoms with E-state index in [1.807, 2.05) is 48.5 Å². The lowest BCUT2D eigenvalue weighted by atomic mass is 9.96. The maximum Gasteiger partial charge on any atom is 0.416 e. The van der Waals surface area contributed by atoms with Gasteiger partial charge in [-0.3, -0.25) is 9.79 Å². The number of aliphatic imine (C=N–C) groups is 1. The van der Waals surface area contributed by atoms with Crippen LogP contribution in [0.4, 0.5) is 13.2 Å². The minimum atomic E-state index is -4.36. The van der Waals surface area contributed by atoms with Crippen LogP contribution >= 0.6 is 11.8 Å². The van der Waals surface area contributed by atoms with Gasteiger partial charge in [-0.2, -0.15) is 13.2 Å². The Kier molecular flexibility index (Phi) is 7.26. The van der Waals surface area contributed by atoms with E-state index in [-0.39, 0.29) is 18.9 Å². The summed E-state index contributed by atoms with van der Waals surface area (Å²) in [4.78, 5) is 15.8. The molecule has 1 aliphatic rings. The number of carboxylic acid groups (broad SMARTS) is 1. The first-order valence-electron chi connectivity index (χ1n) is 10.7. The van der Waals surface area contributed by atoms with Gasteiger partial charge in [0.1, 0.15) is 12.4 Å². The number of ether oxygens (including phenoxy) is 1. The lowest BCUT2D eigenvalue weighted by Crippen LogP contribution is -2.13. The summed E-state index contributed by atoms with van der Waals surface area (Å²) < 4.78 is 44.3. The number of carbonyl (C=O) groups is 1. The van der Waals surface area contributed by atoms with Crippen LogP contribution in [0.3, 0.4) is 0 Å². The highest BCUT2D eigenvalue weighted by atomic mass is 32.2. The fourth-order valence-electron chi connectivity index (χ4n) is 3.74. The van der Waals surface area contributed by atoms with Crippen LogP contribution in [-0.2, 0) is 17.6 Å². The highest BCUT2D eigenvalue weighted by Gasteiger charge is 2.30. The molecule has 0 amide bonds. The van der Waals surface area contributed by atoms with Crippen molar-refractivity contribution in [2.24, 2.45) is 4.99 Å². The second-order valence-corrected chi connectivity index (χ2v) is 8.97. The SMILES string of the molecule is O=C(O)CC(C1=NCCS1)c1ccc(OCc2cccc(-c3ccc(C(F)(F)F)cc3)c2)cc1. The normalized spacial score (nSPS) is 14.5. The third kappa shape index (κ3) is 5.99. The second kappa shape index (κ2) is 10.3. The zero-order valence-corrected chi connectivity index (χ0v) is 18.9. The molecule has 0 fully saturated rings. The molecule has 8 heteroatoms. The zero-order valence-electron chi connectivity index (χ0n) is 18.1. The molecule has 1 N–H and O–H groups in total. The molecule has 4 nitrogen and oxygen atoms in total. The number of alkyl halides is 3. The minimum absolute atomic E-state index is 0.0111. The van der Waals surface area contributed by atoms with Crippen molar-refractivity contribution in [3.8, 4) is 16.9 Å². The summed E-state index contributed by atoms with van der Waals surface area (Å²) in [6.45, 7) is 0.998. The van der Waals surface area contributed by atoms with Gasteiger partial charge in [0.05, 0.1) is 17.0 Å². The van der Waals surface area contributed by atoms with Crippen LogP contribution in [0.15, 0.2) is 77.8 Å². The monoisotopic (exact) mass is 485 g/mol. The molecule has 3 aromatic rings. The smallest absolute Gasteiger partial charge is 0.416 e. The first-order valence-corrected chi connectivity index (χ1v) is 11.7. The van der Waals surface area contributed by atoms with Crippen molar-refractivity contribution < 1.29 is 27.8 Å². The Hall–Kier alpha value is -3.26. The van der Waals surface area contributed by atoms with Crippen molar-refractivity contribution in [3.05, 3.63) is 89.5 Å². The van der Waals surface area contributed by atoms with Crippen LogP contribution < -0.4 is 4.74 Å². The zero-order chi connectivity index (χ0) is 24.1. The number of hydrogen-bond donors (Lipinski definition) is 1. The quantitative estimate of drug-likeness (QED) is 0.388. The number of nitrogens with zero attached hydrogens (tertiary/aromatic N) is 1. The maximum atomic E-state index is 12.8. The molecule has 0 aromatic heterocycles. The fourth-order valence-corrected chi connectivity index (χ4v) is 4.74. The maximum absolute atomic E-state index is 12.8. The van der Waals surface area contributed by atoms with Crippen LogP contribution in [0.25, 0.3) is 11.1 Å². The number of aliphatic carboxylic acids is 1. The summed E-state index contributed by atoms with van der Waals surface area (Å²) in [6.07, 6.45) is -4.37. The molecular weight excluding hydrogens is 463 g/mol. The van der Waals surface area contributed by atoms with Gasteiger partial charge in [-0.05, 0) is 52.6 Å². The number of thioether (sulfide) groups is 1. The predicted molar refractivity (Wildman–Crippen MR) is 127 cm³/mol. The van der Waals surface area contributed by atoms with Gasteiger partial charge >= 0.3 is 12.1 Å². The van der Waals surface area contributed by atoms with Crippen LogP contribution in [0.1, 0.15) is 29.0 Å². The highest BCUT2D eigenvalue weighted by molar-refractivity contribution is 8.14. The Morgan fingerprint density at radius 2 is 1.76 bits per heavy atom. The summed E-state index contributed by atoms with van der Waals surface area (Å²) in [5.74, 6) is 0.379. The lowest BCUT2D eigenvalue weighted by Gasteiger charge is -2.16. The molecular formula is C26H22F3NO3S. The van der Waals surface area contributed by atoms with E-state index in [1.165, 1.54) is 12.1 Å². The van der Waals surface area contributed by atoms with Crippen molar-refractivity contribution in [3.63, 3.8) is 0 Å². The van der Waals surface area contributed by atoms with E-state index in [1.54, 1.807) is 11.8 Å². The molecule has 1 atom stereocenters. The van der Waals surface area contributed by atoms with E-state index in [9.17, 15) is 23.1 Å². The molecule has 4 rings (SSSR count). The van der Waals surface area contributed by atoms with E-state index in [0.29, 0.717) is 17.9 Å². The molecule has 0 saturated carbocycles. The fraction of sp³-hybridized carbons (Fsp3) is 0.231. The van der Waals surface area contributed by atoms with Gasteiger partial charge in [0.2, 0.25) is 0 Å². The molecule has 0 spiro atoms. The number of carboxylic acids is 1. The van der Waals surface area contributed by atoms with Gasteiger partial charge in [0, 0.05) is 18.2 Å². The summed E-state index contributed by atoms with van der Waals surface area (Å²) in [6, 6.07) is 19.9. The van der Waals surface area contributed by atoms with Crippen molar-refractivity contribution in [1.82, 2.24) is 0 Å². The molecule has 1 aliphatic heterocycles. The van der Waals surface area contributed by atoms with Gasteiger partial charge in [-0.1, -0.05) is 42.5 Å². The molecule has 34 heavy (non-hydrogen) atoms. The van der Waals surface area contributed by atoms with E-state index in [0.717, 1.165) is 39.6 Å². The summed E-state index contributed by atoms with van der Waals surface area (Å²) in [7, 11) is 0. The van der Waals surface area contributed by atoms with Gasteiger partial charge < -0.3 is 9.84 Å². The van der Waals surface area contributed by atoms with Crippen LogP contribution in [0, 0.1) is 0 Å². The Bertz CT molecular complexity index is 1180. The minimum Gasteiger partial charge on any atom is -0.489 e. The number of benzene rings is 3. The van der Waals surface area contributed by atoms with Crippen molar-refractivity contribution in [2.45, 2.75) is 25.1 Å². The number of rotatable bonds is 8. The van der Waals surface area contributed by atoms with Crippen LogP contribution in [-0.4, -0.2) is 28.4 Å². The molecule has 1 heterocycles. The third-order valence-corrected chi connectivity index (χ3v) is 6.54. The summed E-state index contributed by atoms with van der Waals surface area (Å²) in [5, 5.41) is 10.1. The van der Waals surface area contributed by atoms with Gasteiger partial charge in [-0.25, -0.2) is 0 Å². The van der Waals surface area contributed by atoms with E-state index >= 15 is 0 Å². The topological polar surface area (TPSA) is 58.9 Å². The van der Waals surface area contributed by atoms with Gasteiger partial charge in [0.15, 0.2) is 0 Å². The Balaban J connectivity index is 1.42. The molecule has 3 aromatic carbocycles. The standard InChI is InChI=1S/C26H22F3NO3S/c27-26(28,29)21-8-4-18(5-9-21)20-3-1-2-17(14-20)16-33-22-10-6-19(7-11-22)23(15-24(31)32)25-30-12-13-34-25/h1-11,14,23H,12-13,15-16H2,(H,31,32). The van der Waals surface area contributed by atoms with Crippen molar-refractivity contribution >= 4 is 22.8 Å². The largest absolute Gasteiger partial charge is 0.489 e. The number of hydrogen-bond acceptors (Lipinski definition) is 4. The van der Waals surface area contributed by atoms with Gasteiger partial charge in [0.25, 0.3) is 0 Å². The molecule has 176 valence electrons. The predicted octanol–water partition coefficient (Wildman–Crippen LogP) is 6.66. The van der Waals surface area contributed by atoms with E-state index in [4.69, 9.17) is 4.74 Å². The molecule has 1 unspecified atom stereocenters. The van der Waals surface area contributed by atoms with Gasteiger partial charge in [-0.15, -0.1) is 11.8 Å². The average Bonchev–Trinajstić information content (AvgIpc) is 3.36. The Morgan fingerprint density at radius 1 is 1.03 bits per heavy atom. The Morgan fingerprint density at radius 3 is 2.38 bits per heavy atom. The molecule has 0 aliphatic carbocycles. The molecule has 0 saturated heterocycles. The van der Waals surface area contributed by atoms with Crippen LogP contribution in [0.5, 0.6) is 5.75 Å². The summed E-state index contributed by atoms with van der Waals surface area (Å²) >= 11 is 1.60. The van der Waals surface area contributed by atoms with E-state index in [2.05, 4.69) is 4.99 Å². The Labute approximate surface area is 199 Å². The van der Waals surface area contributed by atoms with Crippen molar-refractivity contribution in [1.29, 1.82) is 0 Å². The molecule has 0 bridgehead atoms. The average molecular weight is 486 g/mol. The first kappa shape index (κ1) is 23.9.